The Kier molecular flexibility index (Phi) is 5.16. The number of nitrogens with zero attached hydrogens (tertiary/aromatic N) is 4. The highest BCUT2D eigenvalue weighted by molar-refractivity contribution is 6.70. The number of aliphatic imine (C=N–C) groups is 1. The first-order valence-corrected chi connectivity index (χ1v) is 10.3. The smallest absolute Gasteiger partial charge is 0.242 e. The number of hydrogen-bond acceptors (Lipinski definition) is 5. The van der Waals surface area contributed by atoms with Crippen LogP contribution in [0.5, 0.6) is 5.75 Å². The summed E-state index contributed by atoms with van der Waals surface area (Å²) in [7, 11) is -1.59. The fraction of sp³-hybridized carbons (Fsp3) is 0.333. The highest BCUT2D eigenvalue weighted by Crippen LogP contribution is 2.22. The highest BCUT2D eigenvalue weighted by Gasteiger charge is 2.17. The summed E-state index contributed by atoms with van der Waals surface area (Å²) in [6, 6.07) is 8.16. The van der Waals surface area contributed by atoms with Crippen molar-refractivity contribution in [2.75, 3.05) is 6.54 Å². The first kappa shape index (κ1) is 15.3. The molecule has 0 bridgehead atoms. The Hall–Kier alpha value is -2.08. The zero-order valence-corrected chi connectivity index (χ0v) is 13.7. The monoisotopic (exact) mass is 300 g/mol. The number of para-hydroxylation sites is 1. The molecule has 1 aromatic carbocycles. The van der Waals surface area contributed by atoms with Crippen LogP contribution < -0.4 is 4.43 Å². The van der Waals surface area contributed by atoms with E-state index < -0.39 is 8.32 Å². The van der Waals surface area contributed by atoms with Gasteiger partial charge in [0.05, 0.1) is 6.21 Å². The Labute approximate surface area is 126 Å². The van der Waals surface area contributed by atoms with Crippen LogP contribution >= 0.6 is 0 Å². The molecule has 1 heterocycles. The topological polar surface area (TPSA) is 60.3 Å². The quantitative estimate of drug-likeness (QED) is 0.608. The molecule has 1 aromatic heterocycles. The van der Waals surface area contributed by atoms with Crippen LogP contribution in [-0.4, -0.2) is 36.0 Å². The van der Waals surface area contributed by atoms with Crippen LogP contribution in [0.1, 0.15) is 11.4 Å². The lowest BCUT2D eigenvalue weighted by atomic mass is 10.1. The van der Waals surface area contributed by atoms with Crippen molar-refractivity contribution >= 4 is 14.5 Å². The summed E-state index contributed by atoms with van der Waals surface area (Å²) in [5, 5.41) is 0. The van der Waals surface area contributed by atoms with E-state index in [2.05, 4.69) is 45.7 Å². The van der Waals surface area contributed by atoms with Crippen molar-refractivity contribution in [3.05, 3.63) is 48.3 Å². The van der Waals surface area contributed by atoms with Gasteiger partial charge in [0.1, 0.15) is 18.4 Å². The minimum absolute atomic E-state index is 0.580. The van der Waals surface area contributed by atoms with E-state index in [1.165, 1.54) is 18.2 Å². The summed E-state index contributed by atoms with van der Waals surface area (Å²) in [6.45, 7) is 7.23. The second-order valence-corrected chi connectivity index (χ2v) is 10.0. The van der Waals surface area contributed by atoms with Gasteiger partial charge in [0, 0.05) is 6.54 Å². The van der Waals surface area contributed by atoms with E-state index in [1.807, 2.05) is 18.2 Å². The molecule has 0 N–H and O–H groups in total. The van der Waals surface area contributed by atoms with Gasteiger partial charge < -0.3 is 4.43 Å². The number of benzene rings is 1. The molecular weight excluding hydrogens is 280 g/mol. The molecule has 0 aliphatic rings. The Morgan fingerprint density at radius 1 is 1.14 bits per heavy atom. The van der Waals surface area contributed by atoms with Gasteiger partial charge in [-0.05, 0) is 37.7 Å². The van der Waals surface area contributed by atoms with Gasteiger partial charge in [-0.3, -0.25) is 4.99 Å². The third-order valence-corrected chi connectivity index (χ3v) is 3.45. The molecule has 0 saturated heterocycles. The van der Waals surface area contributed by atoms with E-state index in [4.69, 9.17) is 4.43 Å². The second kappa shape index (κ2) is 7.08. The third kappa shape index (κ3) is 5.43. The molecule has 0 aliphatic heterocycles. The molecule has 0 spiro atoms. The van der Waals surface area contributed by atoms with E-state index in [9.17, 15) is 0 Å². The number of hydrogen-bond donors (Lipinski definition) is 0. The minimum atomic E-state index is -1.59. The average Bonchev–Trinajstić information content (AvgIpc) is 2.45. The summed E-state index contributed by atoms with van der Waals surface area (Å²) in [5.74, 6) is 1.56. The molecule has 21 heavy (non-hydrogen) atoms. The summed E-state index contributed by atoms with van der Waals surface area (Å²) >= 11 is 0. The first-order chi connectivity index (χ1) is 10.0. The van der Waals surface area contributed by atoms with Gasteiger partial charge in [-0.15, -0.1) is 0 Å². The molecule has 110 valence electrons. The summed E-state index contributed by atoms with van der Waals surface area (Å²) in [6.07, 6.45) is 5.43. The maximum atomic E-state index is 6.10. The molecular formula is C15H20N4OSi. The van der Waals surface area contributed by atoms with Crippen molar-refractivity contribution in [1.29, 1.82) is 0 Å². The van der Waals surface area contributed by atoms with Crippen LogP contribution in [0.4, 0.5) is 0 Å². The van der Waals surface area contributed by atoms with Crippen LogP contribution in [0.2, 0.25) is 19.6 Å². The van der Waals surface area contributed by atoms with Gasteiger partial charge in [0.2, 0.25) is 8.32 Å². The molecule has 6 heteroatoms. The lowest BCUT2D eigenvalue weighted by Crippen LogP contribution is -2.29. The third-order valence-electron chi connectivity index (χ3n) is 2.62. The standard InChI is InChI=1S/C15H20N4OSi/c1-21(2,3)20-14-7-5-4-6-13(14)8-9-16-10-15-18-11-17-12-19-15/h4-7,10-12H,8-9H2,1-3H3. The lowest BCUT2D eigenvalue weighted by molar-refractivity contribution is 0.549. The average molecular weight is 300 g/mol. The zero-order chi connectivity index (χ0) is 15.1. The predicted octanol–water partition coefficient (Wildman–Crippen LogP) is 2.75. The maximum Gasteiger partial charge on any atom is 0.242 e. The molecule has 0 atom stereocenters. The predicted molar refractivity (Wildman–Crippen MR) is 86.4 cm³/mol. The van der Waals surface area contributed by atoms with Crippen LogP contribution in [0.25, 0.3) is 0 Å². The van der Waals surface area contributed by atoms with Gasteiger partial charge in [-0.2, -0.15) is 0 Å². The van der Waals surface area contributed by atoms with Crippen molar-refractivity contribution in [1.82, 2.24) is 15.0 Å². The van der Waals surface area contributed by atoms with Gasteiger partial charge >= 0.3 is 0 Å². The Balaban J connectivity index is 1.96. The molecule has 0 unspecified atom stereocenters. The summed E-state index contributed by atoms with van der Waals surface area (Å²) in [4.78, 5) is 16.1. The fourth-order valence-corrected chi connectivity index (χ4v) is 2.64. The second-order valence-electron chi connectivity index (χ2n) is 5.60. The van der Waals surface area contributed by atoms with Crippen LogP contribution in [-0.2, 0) is 6.42 Å². The first-order valence-electron chi connectivity index (χ1n) is 6.93. The van der Waals surface area contributed by atoms with Crippen molar-refractivity contribution < 1.29 is 4.43 Å². The molecule has 0 radical (unpaired) electrons. The molecule has 2 aromatic rings. The van der Waals surface area contributed by atoms with Gasteiger partial charge in [-0.25, -0.2) is 15.0 Å². The Morgan fingerprint density at radius 2 is 1.86 bits per heavy atom. The van der Waals surface area contributed by atoms with E-state index in [0.29, 0.717) is 12.4 Å². The Bertz CT molecular complexity index is 596. The maximum absolute atomic E-state index is 6.10. The SMILES string of the molecule is C[Si](C)(C)Oc1ccccc1CCN=Cc1ncncn1. The molecule has 0 fully saturated rings. The van der Waals surface area contributed by atoms with Crippen LogP contribution in [0, 0.1) is 0 Å². The van der Waals surface area contributed by atoms with Crippen LogP contribution in [0.15, 0.2) is 41.9 Å². The molecule has 5 nitrogen and oxygen atoms in total. The van der Waals surface area contributed by atoms with Crippen molar-refractivity contribution in [2.24, 2.45) is 4.99 Å². The minimum Gasteiger partial charge on any atom is -0.544 e. The lowest BCUT2D eigenvalue weighted by Gasteiger charge is -2.21. The summed E-state index contributed by atoms with van der Waals surface area (Å²) in [5.41, 5.74) is 1.19. The molecule has 0 saturated carbocycles. The molecule has 0 aliphatic carbocycles. The van der Waals surface area contributed by atoms with Crippen molar-refractivity contribution in [3.63, 3.8) is 0 Å². The fourth-order valence-electron chi connectivity index (χ4n) is 1.79. The van der Waals surface area contributed by atoms with Crippen molar-refractivity contribution in [2.45, 2.75) is 26.1 Å². The van der Waals surface area contributed by atoms with Crippen molar-refractivity contribution in [3.8, 4) is 5.75 Å². The zero-order valence-electron chi connectivity index (χ0n) is 12.7. The largest absolute Gasteiger partial charge is 0.544 e. The number of rotatable bonds is 6. The molecule has 2 rings (SSSR count). The van der Waals surface area contributed by atoms with E-state index in [-0.39, 0.29) is 0 Å². The highest BCUT2D eigenvalue weighted by atomic mass is 28.4. The normalized spacial score (nSPS) is 11.8. The Morgan fingerprint density at radius 3 is 2.57 bits per heavy atom. The van der Waals surface area contributed by atoms with Gasteiger partial charge in [0.15, 0.2) is 5.82 Å². The number of aromatic nitrogens is 3. The van der Waals surface area contributed by atoms with Gasteiger partial charge in [0.25, 0.3) is 0 Å². The van der Waals surface area contributed by atoms with Crippen LogP contribution in [0.3, 0.4) is 0 Å². The molecule has 0 amide bonds. The van der Waals surface area contributed by atoms with Gasteiger partial charge in [-0.1, -0.05) is 18.2 Å². The van der Waals surface area contributed by atoms with E-state index in [1.54, 1.807) is 6.21 Å². The van der Waals surface area contributed by atoms with E-state index >= 15 is 0 Å². The summed E-state index contributed by atoms with van der Waals surface area (Å²) < 4.78 is 6.10. The van der Waals surface area contributed by atoms with E-state index in [0.717, 1.165) is 12.2 Å².